The molecule has 1 N–H and O–H groups in total. The quantitative estimate of drug-likeness (QED) is 0.361. The smallest absolute Gasteiger partial charge is 0.339 e. The number of hydrogen-bond donors (Lipinski definition) is 1. The summed E-state index contributed by atoms with van der Waals surface area (Å²) in [6.07, 6.45) is 1.32. The van der Waals surface area contributed by atoms with Gasteiger partial charge in [-0.15, -0.1) is 0 Å². The van der Waals surface area contributed by atoms with Gasteiger partial charge in [-0.1, -0.05) is 0 Å². The molecule has 0 spiro atoms. The highest BCUT2D eigenvalue weighted by Crippen LogP contribution is 2.34. The Labute approximate surface area is 131 Å². The van der Waals surface area contributed by atoms with Crippen molar-refractivity contribution >= 4 is 23.2 Å². The molecule has 0 saturated heterocycles. The Balaban J connectivity index is 3.77. The van der Waals surface area contributed by atoms with Crippen molar-refractivity contribution in [2.75, 3.05) is 28.3 Å². The summed E-state index contributed by atoms with van der Waals surface area (Å²) in [5.41, 5.74) is -1.03. The van der Waals surface area contributed by atoms with Crippen LogP contribution in [0.4, 0.5) is 5.69 Å². The van der Waals surface area contributed by atoms with E-state index in [0.29, 0.717) is 0 Å². The predicted octanol–water partition coefficient (Wildman–Crippen LogP) is 1.38. The lowest BCUT2D eigenvalue weighted by molar-refractivity contribution is -0.385. The molecule has 23 heavy (non-hydrogen) atoms. The van der Waals surface area contributed by atoms with Gasteiger partial charge in [-0.25, -0.2) is 9.59 Å². The SMILES string of the molecule is COC(=O)/C(=C\N(C)C)c1cc([N+](=O)[O-])c(OC)cc1C(=O)O. The molecule has 0 heterocycles. The minimum absolute atomic E-state index is 0.124. The van der Waals surface area contributed by atoms with Crippen LogP contribution in [0.3, 0.4) is 0 Å². The minimum Gasteiger partial charge on any atom is -0.490 e. The number of rotatable bonds is 6. The number of ether oxygens (including phenoxy) is 2. The highest BCUT2D eigenvalue weighted by molar-refractivity contribution is 6.19. The second kappa shape index (κ2) is 7.25. The number of methoxy groups -OCH3 is 2. The number of nitrogens with zero attached hydrogens (tertiary/aromatic N) is 2. The first kappa shape index (κ1) is 18.0. The normalized spacial score (nSPS) is 10.9. The van der Waals surface area contributed by atoms with Crippen molar-refractivity contribution in [2.45, 2.75) is 0 Å². The Kier molecular flexibility index (Phi) is 5.66. The summed E-state index contributed by atoms with van der Waals surface area (Å²) in [6.45, 7) is 0. The van der Waals surface area contributed by atoms with Crippen LogP contribution in [0.15, 0.2) is 18.3 Å². The van der Waals surface area contributed by atoms with Crippen LogP contribution < -0.4 is 4.74 Å². The molecule has 0 aliphatic rings. The van der Waals surface area contributed by atoms with Gasteiger partial charge in [0.2, 0.25) is 0 Å². The van der Waals surface area contributed by atoms with Gasteiger partial charge in [0.25, 0.3) is 0 Å². The Morgan fingerprint density at radius 2 is 1.87 bits per heavy atom. The molecule has 0 aromatic heterocycles. The van der Waals surface area contributed by atoms with E-state index >= 15 is 0 Å². The molecule has 1 aromatic carbocycles. The van der Waals surface area contributed by atoms with E-state index in [0.717, 1.165) is 19.2 Å². The number of nitro groups is 1. The summed E-state index contributed by atoms with van der Waals surface area (Å²) in [6, 6.07) is 1.98. The Bertz CT molecular complexity index is 680. The second-order valence-corrected chi connectivity index (χ2v) is 4.63. The van der Waals surface area contributed by atoms with Crippen LogP contribution >= 0.6 is 0 Å². The molecule has 0 saturated carbocycles. The van der Waals surface area contributed by atoms with Gasteiger partial charge in [0.05, 0.1) is 30.3 Å². The fourth-order valence-corrected chi connectivity index (χ4v) is 1.87. The van der Waals surface area contributed by atoms with E-state index in [9.17, 15) is 24.8 Å². The maximum absolute atomic E-state index is 11.9. The molecular formula is C14H16N2O7. The first-order chi connectivity index (χ1) is 10.7. The number of hydrogen-bond acceptors (Lipinski definition) is 7. The van der Waals surface area contributed by atoms with Gasteiger partial charge in [0.1, 0.15) is 0 Å². The van der Waals surface area contributed by atoms with E-state index in [1.165, 1.54) is 18.2 Å². The van der Waals surface area contributed by atoms with Crippen LogP contribution in [0.2, 0.25) is 0 Å². The van der Waals surface area contributed by atoms with E-state index in [-0.39, 0.29) is 22.4 Å². The Morgan fingerprint density at radius 3 is 2.26 bits per heavy atom. The van der Waals surface area contributed by atoms with E-state index in [2.05, 4.69) is 4.74 Å². The van der Waals surface area contributed by atoms with E-state index in [1.807, 2.05) is 0 Å². The van der Waals surface area contributed by atoms with Gasteiger partial charge >= 0.3 is 17.6 Å². The molecule has 9 heteroatoms. The van der Waals surface area contributed by atoms with Gasteiger partial charge in [-0.2, -0.15) is 0 Å². The zero-order valence-corrected chi connectivity index (χ0v) is 13.0. The van der Waals surface area contributed by atoms with Crippen LogP contribution in [0.25, 0.3) is 5.57 Å². The third-order valence-corrected chi connectivity index (χ3v) is 2.83. The van der Waals surface area contributed by atoms with Crippen molar-refractivity contribution in [1.29, 1.82) is 0 Å². The third-order valence-electron chi connectivity index (χ3n) is 2.83. The third kappa shape index (κ3) is 3.96. The highest BCUT2D eigenvalue weighted by atomic mass is 16.6. The predicted molar refractivity (Wildman–Crippen MR) is 80.3 cm³/mol. The van der Waals surface area contributed by atoms with E-state index < -0.39 is 22.5 Å². The largest absolute Gasteiger partial charge is 0.490 e. The van der Waals surface area contributed by atoms with Crippen molar-refractivity contribution in [3.05, 3.63) is 39.6 Å². The minimum atomic E-state index is -1.36. The molecule has 1 aromatic rings. The summed E-state index contributed by atoms with van der Waals surface area (Å²) in [7, 11) is 5.54. The molecule has 0 fully saturated rings. The van der Waals surface area contributed by atoms with Gasteiger partial charge in [0.15, 0.2) is 5.75 Å². The van der Waals surface area contributed by atoms with Crippen molar-refractivity contribution in [3.63, 3.8) is 0 Å². The molecule has 0 amide bonds. The molecule has 124 valence electrons. The van der Waals surface area contributed by atoms with Crippen LogP contribution in [0, 0.1) is 10.1 Å². The molecule has 1 rings (SSSR count). The maximum atomic E-state index is 11.9. The maximum Gasteiger partial charge on any atom is 0.339 e. The van der Waals surface area contributed by atoms with Gasteiger partial charge in [0, 0.05) is 38.0 Å². The zero-order valence-electron chi connectivity index (χ0n) is 13.0. The van der Waals surface area contributed by atoms with E-state index in [1.54, 1.807) is 14.1 Å². The topological polar surface area (TPSA) is 119 Å². The van der Waals surface area contributed by atoms with Crippen molar-refractivity contribution < 1.29 is 29.1 Å². The molecule has 0 aliphatic carbocycles. The first-order valence-corrected chi connectivity index (χ1v) is 6.29. The molecule has 0 aliphatic heterocycles. The van der Waals surface area contributed by atoms with Gasteiger partial charge in [-0.05, 0) is 0 Å². The summed E-state index contributed by atoms with van der Waals surface area (Å²) in [4.78, 5) is 35.3. The number of carbonyl (C=O) groups is 2. The fraction of sp³-hybridized carbons (Fsp3) is 0.286. The fourth-order valence-electron chi connectivity index (χ4n) is 1.87. The summed E-state index contributed by atoms with van der Waals surface area (Å²) < 4.78 is 9.48. The number of carboxylic acid groups (broad SMARTS) is 1. The average molecular weight is 324 g/mol. The van der Waals surface area contributed by atoms with Crippen LogP contribution in [0.1, 0.15) is 15.9 Å². The van der Waals surface area contributed by atoms with Crippen molar-refractivity contribution in [1.82, 2.24) is 4.90 Å². The number of nitro benzene ring substituents is 1. The first-order valence-electron chi connectivity index (χ1n) is 6.29. The number of carboxylic acids is 1. The lowest BCUT2D eigenvalue weighted by Gasteiger charge is -2.14. The molecule has 0 bridgehead atoms. The molecule has 0 radical (unpaired) electrons. The summed E-state index contributed by atoms with van der Waals surface area (Å²) in [5.74, 6) is -2.40. The van der Waals surface area contributed by atoms with Crippen molar-refractivity contribution in [2.24, 2.45) is 0 Å². The Hall–Kier alpha value is -3.10. The number of carbonyl (C=O) groups excluding carboxylic acids is 1. The van der Waals surface area contributed by atoms with Crippen LogP contribution in [-0.4, -0.2) is 55.2 Å². The van der Waals surface area contributed by atoms with Gasteiger partial charge < -0.3 is 19.5 Å². The van der Waals surface area contributed by atoms with Crippen LogP contribution in [-0.2, 0) is 9.53 Å². The zero-order chi connectivity index (χ0) is 17.7. The molecule has 0 unspecified atom stereocenters. The molecule has 9 nitrogen and oxygen atoms in total. The highest BCUT2D eigenvalue weighted by Gasteiger charge is 2.27. The molecular weight excluding hydrogens is 308 g/mol. The lowest BCUT2D eigenvalue weighted by atomic mass is 9.98. The van der Waals surface area contributed by atoms with Crippen LogP contribution in [0.5, 0.6) is 5.75 Å². The molecule has 0 atom stereocenters. The number of benzene rings is 1. The lowest BCUT2D eigenvalue weighted by Crippen LogP contribution is -2.14. The number of esters is 1. The monoisotopic (exact) mass is 324 g/mol. The Morgan fingerprint density at radius 1 is 1.26 bits per heavy atom. The number of aromatic carboxylic acids is 1. The van der Waals surface area contributed by atoms with E-state index in [4.69, 9.17) is 4.74 Å². The average Bonchev–Trinajstić information content (AvgIpc) is 2.50. The standard InChI is InChI=1S/C14H16N2O7/c1-15(2)7-10(14(19)23-4)8-5-11(16(20)21)12(22-3)6-9(8)13(17)18/h5-7H,1-4H3,(H,17,18)/b10-7-. The summed E-state index contributed by atoms with van der Waals surface area (Å²) >= 11 is 0. The second-order valence-electron chi connectivity index (χ2n) is 4.63. The van der Waals surface area contributed by atoms with Crippen molar-refractivity contribution in [3.8, 4) is 5.75 Å². The summed E-state index contributed by atoms with van der Waals surface area (Å²) in [5, 5.41) is 20.5. The van der Waals surface area contributed by atoms with Gasteiger partial charge in [-0.3, -0.25) is 10.1 Å².